The van der Waals surface area contributed by atoms with Crippen LogP contribution in [-0.2, 0) is 0 Å². The standard InChI is InChI=1S/C52H30F2N2O2.C50H30N4O2/c53-39-15-3-5-17-43(39)55(45-19-9-13-35-33-11-1-7-21-47(33)57-51(35)45)41-29-25-31-24-28-38-42(30-26-32-23-27-37(41)49(31)50(32)38)56(44-18-6-4-16-40(44)54)46-20-10-14-36-34-12-2-8-22-48(34)58-52(36)46;1-3-17-45-35(11-1)37-13-5-15-43(49(37)55-45)53(33-9-7-27-51-29-33)41-25-21-31-20-24-40-42(26-22-32-19-23-39(41)47(31)48(32)40)54(34-10-8-28-52-30-34)44-16-6-14-38-36-12-2-4-18-46(36)56-50(38)44/h1-30H;1-30H. The van der Waals surface area contributed by atoms with Crippen molar-refractivity contribution in [3.05, 3.63) is 376 Å². The van der Waals surface area contributed by atoms with E-state index in [9.17, 15) is 0 Å². The van der Waals surface area contributed by atoms with E-state index in [1.807, 2.05) is 168 Å². The molecule has 0 amide bonds. The fourth-order valence-electron chi connectivity index (χ4n) is 17.8. The quantitative estimate of drug-likeness (QED) is 0.110. The average Bonchev–Trinajstić information content (AvgIpc) is 0.796. The zero-order valence-corrected chi connectivity index (χ0v) is 60.7. The third kappa shape index (κ3) is 9.90. The van der Waals surface area contributed by atoms with Gasteiger partial charge in [0.15, 0.2) is 22.3 Å². The molecule has 0 N–H and O–H groups in total. The fraction of sp³-hybridized carbons (Fsp3) is 0. The number of nitrogens with zero attached hydrogens (tertiary/aromatic N) is 6. The maximum atomic E-state index is 16.2. The third-order valence-electron chi connectivity index (χ3n) is 22.7. The molecule has 0 radical (unpaired) electrons. The van der Waals surface area contributed by atoms with Gasteiger partial charge >= 0.3 is 0 Å². The molecule has 0 unspecified atom stereocenters. The Balaban J connectivity index is 0.000000135. The maximum absolute atomic E-state index is 16.2. The lowest BCUT2D eigenvalue weighted by Gasteiger charge is -2.29. The summed E-state index contributed by atoms with van der Waals surface area (Å²) < 4.78 is 58.7. The highest BCUT2D eigenvalue weighted by Crippen LogP contribution is 2.54. The van der Waals surface area contributed by atoms with E-state index < -0.39 is 0 Å². The highest BCUT2D eigenvalue weighted by Gasteiger charge is 2.30. The molecule has 6 heterocycles. The van der Waals surface area contributed by atoms with Crippen LogP contribution in [0.4, 0.5) is 77.0 Å². The minimum absolute atomic E-state index is 0.358. The van der Waals surface area contributed by atoms with Crippen molar-refractivity contribution < 1.29 is 26.4 Å². The van der Waals surface area contributed by atoms with Crippen molar-refractivity contribution in [1.29, 1.82) is 0 Å². The normalized spacial score (nSPS) is 11.9. The molecule has 114 heavy (non-hydrogen) atoms. The summed E-state index contributed by atoms with van der Waals surface area (Å²) in [6.07, 6.45) is 7.47. The van der Waals surface area contributed by atoms with Crippen molar-refractivity contribution in [3.8, 4) is 0 Å². The van der Waals surface area contributed by atoms with E-state index in [0.717, 1.165) is 177 Å². The molecule has 0 bridgehead atoms. The number of hydrogen-bond donors (Lipinski definition) is 0. The number of rotatable bonds is 12. The molecule has 0 saturated carbocycles. The number of furan rings is 4. The van der Waals surface area contributed by atoms with Gasteiger partial charge in [-0.2, -0.15) is 0 Å². The molecule has 24 rings (SSSR count). The molecule has 0 aliphatic carbocycles. The SMILES string of the molecule is Fc1ccccc1N(c1ccc2ccc3c(N(c4ccccc4F)c4cccc5c4oc4ccccc45)ccc4ccc1c2c43)c1cccc2c1oc1ccccc12.c1cncc(N(c2ccc3ccc4c(N(c5cccnc5)c5cccc6c5oc5ccccc56)ccc5ccc2c3c54)c2cccc3c2oc2ccccc23)c1. The van der Waals surface area contributed by atoms with E-state index in [1.165, 1.54) is 33.7 Å². The fourth-order valence-corrected chi connectivity index (χ4v) is 17.8. The van der Waals surface area contributed by atoms with Gasteiger partial charge in [-0.1, -0.05) is 218 Å². The number of hydrogen-bond acceptors (Lipinski definition) is 10. The lowest BCUT2D eigenvalue weighted by Crippen LogP contribution is -2.13. The zero-order chi connectivity index (χ0) is 75.2. The van der Waals surface area contributed by atoms with Crippen LogP contribution in [0, 0.1) is 11.6 Å². The molecule has 0 fully saturated rings. The van der Waals surface area contributed by atoms with Gasteiger partial charge in [0.2, 0.25) is 0 Å². The summed E-state index contributed by atoms with van der Waals surface area (Å²) in [5.74, 6) is -0.715. The van der Waals surface area contributed by atoms with Crippen LogP contribution < -0.4 is 19.6 Å². The van der Waals surface area contributed by atoms with E-state index >= 15 is 8.78 Å². The monoisotopic (exact) mass is 1470 g/mol. The largest absolute Gasteiger partial charge is 0.454 e. The second-order valence-corrected chi connectivity index (χ2v) is 28.9. The number of benzene rings is 18. The van der Waals surface area contributed by atoms with Crippen LogP contribution in [0.5, 0.6) is 0 Å². The van der Waals surface area contributed by atoms with Crippen molar-refractivity contribution in [2.45, 2.75) is 0 Å². The van der Waals surface area contributed by atoms with Crippen LogP contribution in [0.2, 0.25) is 0 Å². The van der Waals surface area contributed by atoms with Crippen LogP contribution >= 0.6 is 0 Å². The number of fused-ring (bicyclic) bond motifs is 12. The Kier molecular flexibility index (Phi) is 14.5. The first-order valence-corrected chi connectivity index (χ1v) is 37.9. The Labute approximate surface area is 648 Å². The van der Waals surface area contributed by atoms with Gasteiger partial charge < -0.3 is 37.3 Å². The Bertz CT molecular complexity index is 7500. The first-order valence-electron chi connectivity index (χ1n) is 37.9. The number of pyridine rings is 2. The van der Waals surface area contributed by atoms with Gasteiger partial charge in [0, 0.05) is 77.0 Å². The molecular weight excluding hydrogens is 1410 g/mol. The molecule has 12 heteroatoms. The number of aromatic nitrogens is 2. The Morgan fingerprint density at radius 2 is 0.447 bits per heavy atom. The van der Waals surface area contributed by atoms with Crippen molar-refractivity contribution >= 4 is 221 Å². The Morgan fingerprint density at radius 1 is 0.193 bits per heavy atom. The molecule has 0 saturated heterocycles. The van der Waals surface area contributed by atoms with Gasteiger partial charge in [0.25, 0.3) is 0 Å². The average molecular weight is 1470 g/mol. The lowest BCUT2D eigenvalue weighted by molar-refractivity contribution is 0.628. The smallest absolute Gasteiger partial charge is 0.159 e. The van der Waals surface area contributed by atoms with E-state index in [-0.39, 0.29) is 11.6 Å². The molecular formula is C102H60F2N6O4. The summed E-state index contributed by atoms with van der Waals surface area (Å²) in [6, 6.07) is 114. The van der Waals surface area contributed by atoms with Crippen LogP contribution in [0.1, 0.15) is 0 Å². The minimum Gasteiger partial charge on any atom is -0.454 e. The molecule has 0 spiro atoms. The summed E-state index contributed by atoms with van der Waals surface area (Å²) in [5, 5.41) is 21.1. The van der Waals surface area contributed by atoms with Gasteiger partial charge in [-0.25, -0.2) is 8.78 Å². The summed E-state index contributed by atoms with van der Waals surface area (Å²) in [7, 11) is 0. The van der Waals surface area contributed by atoms with Gasteiger partial charge in [-0.05, 0) is 164 Å². The molecule has 0 aliphatic heterocycles. The minimum atomic E-state index is -0.358. The van der Waals surface area contributed by atoms with Crippen molar-refractivity contribution in [1.82, 2.24) is 9.97 Å². The van der Waals surface area contributed by atoms with Crippen LogP contribution in [-0.4, -0.2) is 9.97 Å². The van der Waals surface area contributed by atoms with Gasteiger partial charge in [-0.15, -0.1) is 0 Å². The Hall–Kier alpha value is -15.4. The highest BCUT2D eigenvalue weighted by atomic mass is 19.1. The second-order valence-electron chi connectivity index (χ2n) is 28.9. The first kappa shape index (κ1) is 64.6. The van der Waals surface area contributed by atoms with E-state index in [4.69, 9.17) is 17.7 Å². The predicted molar refractivity (Wildman–Crippen MR) is 464 cm³/mol. The van der Waals surface area contributed by atoms with Gasteiger partial charge in [0.1, 0.15) is 34.0 Å². The maximum Gasteiger partial charge on any atom is 0.159 e. The summed E-state index contributed by atoms with van der Waals surface area (Å²) in [6.45, 7) is 0. The van der Waals surface area contributed by atoms with Crippen molar-refractivity contribution in [2.75, 3.05) is 19.6 Å². The molecule has 24 aromatic rings. The second kappa shape index (κ2) is 25.6. The molecule has 18 aromatic carbocycles. The predicted octanol–water partition coefficient (Wildman–Crippen LogP) is 29.7. The Morgan fingerprint density at radius 3 is 0.746 bits per heavy atom. The van der Waals surface area contributed by atoms with Crippen LogP contribution in [0.15, 0.2) is 382 Å². The van der Waals surface area contributed by atoms with Crippen LogP contribution in [0.3, 0.4) is 0 Å². The third-order valence-corrected chi connectivity index (χ3v) is 22.7. The van der Waals surface area contributed by atoms with E-state index in [2.05, 4.69) is 190 Å². The molecule has 10 nitrogen and oxygen atoms in total. The molecule has 536 valence electrons. The number of halogens is 2. The lowest BCUT2D eigenvalue weighted by atomic mass is 9.91. The number of anilines is 12. The molecule has 6 aromatic heterocycles. The zero-order valence-electron chi connectivity index (χ0n) is 60.7. The van der Waals surface area contributed by atoms with Crippen molar-refractivity contribution in [2.24, 2.45) is 0 Å². The first-order chi connectivity index (χ1) is 56.4. The van der Waals surface area contributed by atoms with Gasteiger partial charge in [0.05, 0.1) is 80.6 Å². The highest BCUT2D eigenvalue weighted by molar-refractivity contribution is 6.31. The summed E-state index contributed by atoms with van der Waals surface area (Å²) in [4.78, 5) is 17.7. The van der Waals surface area contributed by atoms with E-state index in [1.54, 1.807) is 24.3 Å². The molecule has 0 atom stereocenters. The van der Waals surface area contributed by atoms with Gasteiger partial charge in [-0.3, -0.25) is 9.97 Å². The van der Waals surface area contributed by atoms with Crippen LogP contribution in [0.25, 0.3) is 152 Å². The summed E-state index contributed by atoms with van der Waals surface area (Å²) >= 11 is 0. The van der Waals surface area contributed by atoms with E-state index in [0.29, 0.717) is 22.5 Å². The van der Waals surface area contributed by atoms with Crippen molar-refractivity contribution in [3.63, 3.8) is 0 Å². The molecule has 0 aliphatic rings. The topological polar surface area (TPSA) is 91.3 Å². The summed E-state index contributed by atoms with van der Waals surface area (Å²) in [5.41, 5.74) is 15.9. The number of para-hydroxylation sites is 10.